The van der Waals surface area contributed by atoms with Crippen LogP contribution in [0.3, 0.4) is 0 Å². The molecule has 0 amide bonds. The molecular formula is C13H15NO. The number of aromatic amines is 1. The maximum atomic E-state index is 12.0. The van der Waals surface area contributed by atoms with Crippen LogP contribution in [0.4, 0.5) is 0 Å². The lowest BCUT2D eigenvalue weighted by molar-refractivity contribution is 1.13. The van der Waals surface area contributed by atoms with E-state index in [1.807, 2.05) is 26.0 Å². The van der Waals surface area contributed by atoms with Gasteiger partial charge in [0, 0.05) is 22.2 Å². The molecule has 2 rings (SSSR count). The van der Waals surface area contributed by atoms with Crippen molar-refractivity contribution in [1.29, 1.82) is 0 Å². The van der Waals surface area contributed by atoms with E-state index in [1.54, 1.807) is 0 Å². The van der Waals surface area contributed by atoms with Crippen LogP contribution >= 0.6 is 0 Å². The lowest BCUT2D eigenvalue weighted by Gasteiger charge is -2.05. The predicted molar refractivity (Wildman–Crippen MR) is 63.4 cm³/mol. The molecule has 0 aliphatic carbocycles. The van der Waals surface area contributed by atoms with Crippen LogP contribution in [0.2, 0.25) is 0 Å². The number of pyridine rings is 1. The number of hydrogen-bond acceptors (Lipinski definition) is 1. The number of aryl methyl sites for hydroxylation is 2. The topological polar surface area (TPSA) is 32.9 Å². The van der Waals surface area contributed by atoms with Crippen LogP contribution in [0.5, 0.6) is 0 Å². The Morgan fingerprint density at radius 3 is 2.67 bits per heavy atom. The Morgan fingerprint density at radius 2 is 2.00 bits per heavy atom. The summed E-state index contributed by atoms with van der Waals surface area (Å²) in [4.78, 5) is 15.2. The van der Waals surface area contributed by atoms with Crippen molar-refractivity contribution in [3.63, 3.8) is 0 Å². The first kappa shape index (κ1) is 9.97. The largest absolute Gasteiger partial charge is 0.358 e. The molecule has 0 fully saturated rings. The van der Waals surface area contributed by atoms with Crippen LogP contribution in [0.1, 0.15) is 23.7 Å². The van der Waals surface area contributed by atoms with Crippen LogP contribution < -0.4 is 5.43 Å². The fourth-order valence-corrected chi connectivity index (χ4v) is 1.78. The van der Waals surface area contributed by atoms with Gasteiger partial charge in [0.15, 0.2) is 5.43 Å². The minimum absolute atomic E-state index is 0.150. The molecule has 0 unspecified atom stereocenters. The molecule has 0 aliphatic rings. The van der Waals surface area contributed by atoms with Crippen LogP contribution in [0.25, 0.3) is 10.9 Å². The van der Waals surface area contributed by atoms with Crippen molar-refractivity contribution in [1.82, 2.24) is 4.98 Å². The van der Waals surface area contributed by atoms with Gasteiger partial charge in [0.25, 0.3) is 0 Å². The molecule has 2 nitrogen and oxygen atoms in total. The lowest BCUT2D eigenvalue weighted by atomic mass is 10.1. The average Bonchev–Trinajstić information content (AvgIpc) is 2.26. The molecule has 15 heavy (non-hydrogen) atoms. The molecular weight excluding hydrogens is 186 g/mol. The highest BCUT2D eigenvalue weighted by Gasteiger charge is 2.05. The van der Waals surface area contributed by atoms with Crippen molar-refractivity contribution < 1.29 is 0 Å². The zero-order valence-electron chi connectivity index (χ0n) is 9.35. The van der Waals surface area contributed by atoms with E-state index in [4.69, 9.17) is 0 Å². The van der Waals surface area contributed by atoms with Gasteiger partial charge in [-0.3, -0.25) is 4.79 Å². The second kappa shape index (κ2) is 3.54. The molecule has 0 atom stereocenters. The molecule has 78 valence electrons. The Bertz CT molecular complexity index is 566. The van der Waals surface area contributed by atoms with Gasteiger partial charge < -0.3 is 4.98 Å². The summed E-state index contributed by atoms with van der Waals surface area (Å²) in [5.41, 5.74) is 4.06. The van der Waals surface area contributed by atoms with Crippen molar-refractivity contribution in [2.24, 2.45) is 0 Å². The summed E-state index contributed by atoms with van der Waals surface area (Å²) in [6.07, 6.45) is 0.961. The number of H-pyrrole nitrogens is 1. The van der Waals surface area contributed by atoms with Crippen molar-refractivity contribution in [3.05, 3.63) is 45.2 Å². The highest BCUT2D eigenvalue weighted by molar-refractivity contribution is 5.80. The van der Waals surface area contributed by atoms with Gasteiger partial charge in [-0.1, -0.05) is 13.0 Å². The Hall–Kier alpha value is -1.57. The van der Waals surface area contributed by atoms with E-state index in [2.05, 4.69) is 18.0 Å². The third-order valence-electron chi connectivity index (χ3n) is 2.96. The SMILES string of the molecule is CCc1ccc2[nH]c(C)c(C)c(=O)c2c1. The minimum Gasteiger partial charge on any atom is -0.358 e. The maximum Gasteiger partial charge on any atom is 0.192 e. The van der Waals surface area contributed by atoms with E-state index in [-0.39, 0.29) is 5.43 Å². The molecule has 0 aliphatic heterocycles. The van der Waals surface area contributed by atoms with Crippen LogP contribution in [0.15, 0.2) is 23.0 Å². The summed E-state index contributed by atoms with van der Waals surface area (Å²) in [6.45, 7) is 5.90. The van der Waals surface area contributed by atoms with E-state index in [1.165, 1.54) is 5.56 Å². The summed E-state index contributed by atoms with van der Waals surface area (Å²) in [5, 5.41) is 0.803. The highest BCUT2D eigenvalue weighted by Crippen LogP contribution is 2.13. The van der Waals surface area contributed by atoms with Gasteiger partial charge >= 0.3 is 0 Å². The Kier molecular flexibility index (Phi) is 2.35. The van der Waals surface area contributed by atoms with E-state index in [0.29, 0.717) is 0 Å². The van der Waals surface area contributed by atoms with E-state index < -0.39 is 0 Å². The standard InChI is InChI=1S/C13H15NO/c1-4-10-5-6-12-11(7-10)13(15)8(2)9(3)14-12/h5-7H,4H2,1-3H3,(H,14,15). The normalized spacial score (nSPS) is 10.9. The number of aromatic nitrogens is 1. The van der Waals surface area contributed by atoms with Gasteiger partial charge in [-0.25, -0.2) is 0 Å². The van der Waals surface area contributed by atoms with Gasteiger partial charge in [-0.2, -0.15) is 0 Å². The van der Waals surface area contributed by atoms with E-state index in [0.717, 1.165) is 28.6 Å². The van der Waals surface area contributed by atoms with Gasteiger partial charge in [0.2, 0.25) is 0 Å². The zero-order valence-corrected chi connectivity index (χ0v) is 9.35. The summed E-state index contributed by atoms with van der Waals surface area (Å²) in [5.74, 6) is 0. The number of rotatable bonds is 1. The van der Waals surface area contributed by atoms with Crippen molar-refractivity contribution in [3.8, 4) is 0 Å². The minimum atomic E-state index is 0.150. The second-order valence-corrected chi connectivity index (χ2v) is 3.94. The van der Waals surface area contributed by atoms with Crippen LogP contribution in [-0.4, -0.2) is 4.98 Å². The molecule has 0 radical (unpaired) electrons. The molecule has 0 spiro atoms. The molecule has 2 heteroatoms. The van der Waals surface area contributed by atoms with Crippen molar-refractivity contribution >= 4 is 10.9 Å². The molecule has 1 aromatic carbocycles. The number of hydrogen-bond donors (Lipinski definition) is 1. The zero-order chi connectivity index (χ0) is 11.0. The molecule has 0 saturated heterocycles. The van der Waals surface area contributed by atoms with Crippen molar-refractivity contribution in [2.75, 3.05) is 0 Å². The molecule has 2 aromatic rings. The summed E-state index contributed by atoms with van der Waals surface area (Å²) >= 11 is 0. The van der Waals surface area contributed by atoms with Crippen LogP contribution in [-0.2, 0) is 6.42 Å². The van der Waals surface area contributed by atoms with E-state index >= 15 is 0 Å². The van der Waals surface area contributed by atoms with Gasteiger partial charge in [-0.05, 0) is 38.0 Å². The van der Waals surface area contributed by atoms with Gasteiger partial charge in [-0.15, -0.1) is 0 Å². The monoisotopic (exact) mass is 201 g/mol. The molecule has 1 N–H and O–H groups in total. The van der Waals surface area contributed by atoms with Gasteiger partial charge in [0.1, 0.15) is 0 Å². The van der Waals surface area contributed by atoms with Crippen LogP contribution in [0, 0.1) is 13.8 Å². The quantitative estimate of drug-likeness (QED) is 0.756. The first-order chi connectivity index (χ1) is 7.13. The Labute approximate surface area is 89.0 Å². The Morgan fingerprint density at radius 1 is 1.27 bits per heavy atom. The summed E-state index contributed by atoms with van der Waals surface area (Å²) in [6, 6.07) is 6.04. The number of nitrogens with one attached hydrogen (secondary N) is 1. The average molecular weight is 201 g/mol. The first-order valence-corrected chi connectivity index (χ1v) is 5.25. The molecule has 0 bridgehead atoms. The lowest BCUT2D eigenvalue weighted by Crippen LogP contribution is -2.09. The third kappa shape index (κ3) is 1.56. The smallest absolute Gasteiger partial charge is 0.192 e. The molecule has 1 aromatic heterocycles. The number of benzene rings is 1. The summed E-state index contributed by atoms with van der Waals surface area (Å²) < 4.78 is 0. The maximum absolute atomic E-state index is 12.0. The molecule has 1 heterocycles. The second-order valence-electron chi connectivity index (χ2n) is 3.94. The summed E-state index contributed by atoms with van der Waals surface area (Å²) in [7, 11) is 0. The van der Waals surface area contributed by atoms with Gasteiger partial charge in [0.05, 0.1) is 0 Å². The fourth-order valence-electron chi connectivity index (χ4n) is 1.78. The fraction of sp³-hybridized carbons (Fsp3) is 0.308. The first-order valence-electron chi connectivity index (χ1n) is 5.25. The molecule has 0 saturated carbocycles. The number of fused-ring (bicyclic) bond motifs is 1. The third-order valence-corrected chi connectivity index (χ3v) is 2.96. The predicted octanol–water partition coefficient (Wildman–Crippen LogP) is 2.71. The highest BCUT2D eigenvalue weighted by atomic mass is 16.1. The van der Waals surface area contributed by atoms with Crippen molar-refractivity contribution in [2.45, 2.75) is 27.2 Å². The van der Waals surface area contributed by atoms with E-state index in [9.17, 15) is 4.79 Å². The Balaban J connectivity index is 2.88.